The Labute approximate surface area is 156 Å². The molecule has 3 rings (SSSR count). The van der Waals surface area contributed by atoms with Crippen molar-refractivity contribution in [3.05, 3.63) is 29.1 Å². The monoisotopic (exact) mass is 376 g/mol. The number of carbonyl (C=O) groups is 2. The molecule has 0 bridgehead atoms. The van der Waals surface area contributed by atoms with E-state index < -0.39 is 24.6 Å². The van der Waals surface area contributed by atoms with Crippen molar-refractivity contribution >= 4 is 23.3 Å². The maximum absolute atomic E-state index is 12.3. The lowest BCUT2D eigenvalue weighted by molar-refractivity contribution is -0.137. The summed E-state index contributed by atoms with van der Waals surface area (Å²) in [7, 11) is 3.65. The lowest BCUT2D eigenvalue weighted by Crippen LogP contribution is -2.44. The van der Waals surface area contributed by atoms with Gasteiger partial charge < -0.3 is 30.4 Å². The van der Waals surface area contributed by atoms with Gasteiger partial charge in [-0.3, -0.25) is 14.6 Å². The van der Waals surface area contributed by atoms with E-state index in [0.717, 1.165) is 31.6 Å². The number of aliphatic carboxylic acids is 1. The highest BCUT2D eigenvalue weighted by molar-refractivity contribution is 6.04. The molecule has 1 amide bonds. The fourth-order valence-corrected chi connectivity index (χ4v) is 3.53. The number of fused-ring (bicyclic) bond motifs is 1. The smallest absolute Gasteiger partial charge is 0.322 e. The molecule has 0 aromatic carbocycles. The molecule has 2 aliphatic rings. The van der Waals surface area contributed by atoms with Crippen molar-refractivity contribution in [3.8, 4) is 0 Å². The van der Waals surface area contributed by atoms with Gasteiger partial charge in [0.1, 0.15) is 17.9 Å². The Morgan fingerprint density at radius 2 is 1.96 bits per heavy atom. The number of aromatic nitrogens is 1. The molecule has 1 aromatic heterocycles. The number of carbonyl (C=O) groups excluding carboxylic acids is 1. The van der Waals surface area contributed by atoms with E-state index in [0.29, 0.717) is 11.3 Å². The lowest BCUT2D eigenvalue weighted by Gasteiger charge is -2.34. The van der Waals surface area contributed by atoms with E-state index in [1.165, 1.54) is 4.90 Å². The van der Waals surface area contributed by atoms with Gasteiger partial charge in [-0.15, -0.1) is 0 Å². The Bertz CT molecular complexity index is 786. The number of aliphatic hydroxyl groups excluding tert-OH is 2. The maximum Gasteiger partial charge on any atom is 0.322 e. The van der Waals surface area contributed by atoms with Crippen molar-refractivity contribution in [1.82, 2.24) is 15.2 Å². The molecule has 1 unspecified atom stereocenters. The van der Waals surface area contributed by atoms with Crippen LogP contribution in [0.1, 0.15) is 30.0 Å². The number of hydrogen-bond donors (Lipinski definition) is 4. The first kappa shape index (κ1) is 19.1. The van der Waals surface area contributed by atoms with Gasteiger partial charge in [0.15, 0.2) is 6.23 Å². The zero-order valence-electron chi connectivity index (χ0n) is 15.3. The summed E-state index contributed by atoms with van der Waals surface area (Å²) in [6.45, 7) is 1.33. The first-order valence-corrected chi connectivity index (χ1v) is 8.82. The Kier molecular flexibility index (Phi) is 5.33. The van der Waals surface area contributed by atoms with Crippen molar-refractivity contribution in [2.75, 3.05) is 38.6 Å². The van der Waals surface area contributed by atoms with E-state index in [9.17, 15) is 19.8 Å². The highest BCUT2D eigenvalue weighted by Gasteiger charge is 2.35. The van der Waals surface area contributed by atoms with E-state index in [2.05, 4.69) is 22.2 Å². The number of anilines is 1. The van der Waals surface area contributed by atoms with Crippen LogP contribution in [-0.2, 0) is 9.59 Å². The third-order valence-corrected chi connectivity index (χ3v) is 5.20. The fourth-order valence-electron chi connectivity index (χ4n) is 3.53. The predicted octanol–water partition coefficient (Wildman–Crippen LogP) is 0.129. The molecule has 3 heterocycles. The van der Waals surface area contributed by atoms with Crippen LogP contribution in [0.15, 0.2) is 17.8 Å². The Morgan fingerprint density at radius 1 is 1.30 bits per heavy atom. The number of carboxylic acid groups (broad SMARTS) is 1. The second kappa shape index (κ2) is 7.53. The summed E-state index contributed by atoms with van der Waals surface area (Å²) in [5.74, 6) is -2.12. The molecule has 9 heteroatoms. The Morgan fingerprint density at radius 3 is 2.59 bits per heavy atom. The van der Waals surface area contributed by atoms with Gasteiger partial charge in [0.05, 0.1) is 11.9 Å². The van der Waals surface area contributed by atoms with Gasteiger partial charge in [0, 0.05) is 24.2 Å². The van der Waals surface area contributed by atoms with Crippen LogP contribution in [0.4, 0.5) is 5.69 Å². The Hall–Kier alpha value is -2.65. The standard InChI is InChI=1S/C18H24N4O5/c1-21-5-3-10(4-6-21)12-7-11-13(8-19-12)22(2)18(27)15(16(11)25)17(26)20-9-14(23)24/h7-8,10,18,25,27H,3-6,9H2,1-2H3,(H,20,26)(H,23,24). The molecule has 1 saturated heterocycles. The number of hydrogen-bond acceptors (Lipinski definition) is 7. The minimum absolute atomic E-state index is 0.265. The van der Waals surface area contributed by atoms with Crippen LogP contribution in [0, 0.1) is 0 Å². The summed E-state index contributed by atoms with van der Waals surface area (Å²) in [4.78, 5) is 31.2. The summed E-state index contributed by atoms with van der Waals surface area (Å²) in [5, 5.41) is 32.0. The van der Waals surface area contributed by atoms with Gasteiger partial charge in [0.25, 0.3) is 5.91 Å². The number of piperidine rings is 1. The third kappa shape index (κ3) is 3.74. The third-order valence-electron chi connectivity index (χ3n) is 5.20. The van der Waals surface area contributed by atoms with Crippen LogP contribution in [0.2, 0.25) is 0 Å². The SMILES string of the molecule is CN1CCC(c2cc3c(cn2)N(C)C(O)C(C(=O)NCC(=O)O)=C3O)CC1. The van der Waals surface area contributed by atoms with Gasteiger partial charge in [-0.25, -0.2) is 0 Å². The van der Waals surface area contributed by atoms with Gasteiger partial charge in [-0.2, -0.15) is 0 Å². The van der Waals surface area contributed by atoms with Crippen molar-refractivity contribution in [2.24, 2.45) is 0 Å². The maximum atomic E-state index is 12.3. The number of nitrogens with one attached hydrogen (secondary N) is 1. The number of likely N-dealkylation sites (N-methyl/N-ethyl adjacent to an activating group) is 1. The van der Waals surface area contributed by atoms with E-state index in [1.54, 1.807) is 19.3 Å². The molecule has 1 fully saturated rings. The number of likely N-dealkylation sites (tertiary alicyclic amines) is 1. The second-order valence-electron chi connectivity index (χ2n) is 7.03. The van der Waals surface area contributed by atoms with Crippen molar-refractivity contribution < 1.29 is 24.9 Å². The van der Waals surface area contributed by atoms with Gasteiger partial charge in [0.2, 0.25) is 0 Å². The predicted molar refractivity (Wildman–Crippen MR) is 98.3 cm³/mol. The number of pyridine rings is 1. The first-order chi connectivity index (χ1) is 12.8. The first-order valence-electron chi connectivity index (χ1n) is 8.82. The molecule has 0 saturated carbocycles. The van der Waals surface area contributed by atoms with Crippen molar-refractivity contribution in [3.63, 3.8) is 0 Å². The molecule has 0 spiro atoms. The molecular formula is C18H24N4O5. The molecule has 0 radical (unpaired) electrons. The highest BCUT2D eigenvalue weighted by atomic mass is 16.4. The molecule has 0 aliphatic carbocycles. The Balaban J connectivity index is 1.95. The van der Waals surface area contributed by atoms with E-state index in [-0.39, 0.29) is 17.3 Å². The van der Waals surface area contributed by atoms with Gasteiger partial charge in [-0.1, -0.05) is 0 Å². The summed E-state index contributed by atoms with van der Waals surface area (Å²) < 4.78 is 0. The molecule has 146 valence electrons. The largest absolute Gasteiger partial charge is 0.507 e. The fraction of sp³-hybridized carbons (Fsp3) is 0.500. The van der Waals surface area contributed by atoms with Crippen LogP contribution >= 0.6 is 0 Å². The quantitative estimate of drug-likeness (QED) is 0.584. The second-order valence-corrected chi connectivity index (χ2v) is 7.03. The number of aliphatic hydroxyl groups is 2. The van der Waals surface area contributed by atoms with Crippen LogP contribution in [0.5, 0.6) is 0 Å². The molecular weight excluding hydrogens is 352 g/mol. The zero-order chi connectivity index (χ0) is 19.7. The molecule has 1 aromatic rings. The van der Waals surface area contributed by atoms with Crippen molar-refractivity contribution in [1.29, 1.82) is 0 Å². The van der Waals surface area contributed by atoms with E-state index in [1.807, 2.05) is 0 Å². The van der Waals surface area contributed by atoms with E-state index >= 15 is 0 Å². The number of rotatable bonds is 4. The molecule has 2 aliphatic heterocycles. The molecule has 9 nitrogen and oxygen atoms in total. The topological polar surface area (TPSA) is 126 Å². The van der Waals surface area contributed by atoms with Crippen molar-refractivity contribution in [2.45, 2.75) is 25.0 Å². The summed E-state index contributed by atoms with van der Waals surface area (Å²) in [6, 6.07) is 1.76. The van der Waals surface area contributed by atoms with Crippen LogP contribution in [0.3, 0.4) is 0 Å². The minimum atomic E-state index is -1.40. The highest BCUT2D eigenvalue weighted by Crippen LogP contribution is 2.37. The van der Waals surface area contributed by atoms with Gasteiger partial charge >= 0.3 is 5.97 Å². The summed E-state index contributed by atoms with van der Waals surface area (Å²) in [5.41, 5.74) is 1.48. The van der Waals surface area contributed by atoms with Crippen LogP contribution < -0.4 is 10.2 Å². The summed E-state index contributed by atoms with van der Waals surface area (Å²) in [6.07, 6.45) is 2.10. The van der Waals surface area contributed by atoms with Crippen LogP contribution in [0.25, 0.3) is 5.76 Å². The summed E-state index contributed by atoms with van der Waals surface area (Å²) >= 11 is 0. The van der Waals surface area contributed by atoms with Gasteiger partial charge in [-0.05, 0) is 39.0 Å². The minimum Gasteiger partial charge on any atom is -0.507 e. The number of nitrogens with zero attached hydrogens (tertiary/aromatic N) is 3. The average molecular weight is 376 g/mol. The normalized spacial score (nSPS) is 21.1. The van der Waals surface area contributed by atoms with Crippen LogP contribution in [-0.4, -0.2) is 77.0 Å². The van der Waals surface area contributed by atoms with E-state index in [4.69, 9.17) is 5.11 Å². The molecule has 4 N–H and O–H groups in total. The average Bonchev–Trinajstić information content (AvgIpc) is 2.65. The number of carboxylic acids is 1. The molecule has 1 atom stereocenters. The zero-order valence-corrected chi connectivity index (χ0v) is 15.3. The molecule has 27 heavy (non-hydrogen) atoms. The lowest BCUT2D eigenvalue weighted by atomic mass is 9.91. The number of amides is 1.